The third-order valence-electron chi connectivity index (χ3n) is 1.05. The molecule has 0 nitrogen and oxygen atoms in total. The molecule has 2 heteroatoms. The Bertz CT molecular complexity index is 127. The molecule has 0 aromatic carbocycles. The van der Waals surface area contributed by atoms with Gasteiger partial charge in [-0.1, -0.05) is 35.4 Å². The summed E-state index contributed by atoms with van der Waals surface area (Å²) < 4.78 is 0. The molecule has 78 valence electrons. The Hall–Kier alpha value is 0.414. The summed E-state index contributed by atoms with van der Waals surface area (Å²) >= 11 is 3.13. The summed E-state index contributed by atoms with van der Waals surface area (Å²) in [4.78, 5) is 0. The third kappa shape index (κ3) is 29.4. The van der Waals surface area contributed by atoms with Crippen LogP contribution in [0.2, 0.25) is 0 Å². The van der Waals surface area contributed by atoms with E-state index in [2.05, 4.69) is 48.5 Å². The molecule has 1 aliphatic rings. The Morgan fingerprint density at radius 3 is 2.21 bits per heavy atom. The van der Waals surface area contributed by atoms with Crippen molar-refractivity contribution in [2.75, 3.05) is 5.33 Å². The van der Waals surface area contributed by atoms with Crippen LogP contribution in [0.5, 0.6) is 0 Å². The molecule has 0 unspecified atom stereocenters. The van der Waals surface area contributed by atoms with Crippen LogP contribution in [0.25, 0.3) is 0 Å². The molecule has 0 amide bonds. The van der Waals surface area contributed by atoms with Gasteiger partial charge in [0.25, 0.3) is 0 Å². The Kier molecular flexibility index (Phi) is 33.2. The SMILES string of the molecule is C=CCBr.[C-]1=CC=CC1.[CH2-]CCC.[Ti+2]. The molecule has 0 aromatic heterocycles. The molecule has 0 N–H and O–H groups in total. The van der Waals surface area contributed by atoms with E-state index < -0.39 is 0 Å². The van der Waals surface area contributed by atoms with Crippen molar-refractivity contribution in [3.63, 3.8) is 0 Å². The molecule has 0 spiro atoms. The van der Waals surface area contributed by atoms with Crippen LogP contribution >= 0.6 is 15.9 Å². The van der Waals surface area contributed by atoms with Crippen molar-refractivity contribution in [2.24, 2.45) is 0 Å². The van der Waals surface area contributed by atoms with Crippen LogP contribution in [0.4, 0.5) is 0 Å². The molecule has 0 atom stereocenters. The van der Waals surface area contributed by atoms with Crippen molar-refractivity contribution in [1.82, 2.24) is 0 Å². The second kappa shape index (κ2) is 23.3. The molecule has 0 radical (unpaired) electrons. The summed E-state index contributed by atoms with van der Waals surface area (Å²) in [6.07, 6.45) is 14.1. The normalized spacial score (nSPS) is 10.2. The fourth-order valence-electron chi connectivity index (χ4n) is 0.340. The van der Waals surface area contributed by atoms with Crippen molar-refractivity contribution in [3.8, 4) is 0 Å². The fraction of sp³-hybridized carbons (Fsp3) is 0.417. The Morgan fingerprint density at radius 1 is 1.64 bits per heavy atom. The van der Waals surface area contributed by atoms with E-state index >= 15 is 0 Å². The molecular weight excluding hydrogens is 272 g/mol. The van der Waals surface area contributed by atoms with Crippen LogP contribution in [0.3, 0.4) is 0 Å². The van der Waals surface area contributed by atoms with Gasteiger partial charge < -0.3 is 6.92 Å². The van der Waals surface area contributed by atoms with E-state index in [9.17, 15) is 0 Å². The van der Waals surface area contributed by atoms with E-state index in [0.717, 1.165) is 18.2 Å². The molecule has 0 aromatic rings. The number of hydrogen-bond donors (Lipinski definition) is 0. The smallest absolute Gasteiger partial charge is 0.343 e. The first-order chi connectivity index (χ1) is 6.33. The fourth-order valence-corrected chi connectivity index (χ4v) is 0.340. The minimum absolute atomic E-state index is 0. The van der Waals surface area contributed by atoms with Crippen LogP contribution in [-0.2, 0) is 21.7 Å². The van der Waals surface area contributed by atoms with E-state index in [1.165, 1.54) is 6.42 Å². The van der Waals surface area contributed by atoms with E-state index in [0.29, 0.717) is 0 Å². The molecule has 0 heterocycles. The van der Waals surface area contributed by atoms with Crippen molar-refractivity contribution in [3.05, 3.63) is 43.9 Å². The summed E-state index contributed by atoms with van der Waals surface area (Å²) in [7, 11) is 0. The van der Waals surface area contributed by atoms with Crippen molar-refractivity contribution in [1.29, 1.82) is 0 Å². The van der Waals surface area contributed by atoms with E-state index in [1.54, 1.807) is 6.08 Å². The Balaban J connectivity index is -0.000000127. The molecule has 0 saturated carbocycles. The van der Waals surface area contributed by atoms with Crippen LogP contribution < -0.4 is 0 Å². The topological polar surface area (TPSA) is 0 Å². The molecule has 1 rings (SSSR count). The van der Waals surface area contributed by atoms with E-state index in [4.69, 9.17) is 0 Å². The van der Waals surface area contributed by atoms with Gasteiger partial charge in [0.2, 0.25) is 0 Å². The number of hydrogen-bond acceptors (Lipinski definition) is 0. The minimum Gasteiger partial charge on any atom is -0.343 e. The number of rotatable bonds is 2. The molecule has 0 fully saturated rings. The van der Waals surface area contributed by atoms with Gasteiger partial charge in [0.15, 0.2) is 0 Å². The molecule has 0 saturated heterocycles. The van der Waals surface area contributed by atoms with E-state index in [1.807, 2.05) is 12.2 Å². The molecule has 14 heavy (non-hydrogen) atoms. The van der Waals surface area contributed by atoms with Gasteiger partial charge in [-0.2, -0.15) is 12.5 Å². The first-order valence-electron chi connectivity index (χ1n) is 4.51. The first kappa shape index (κ1) is 19.9. The maximum Gasteiger partial charge on any atom is 2.00 e. The largest absolute Gasteiger partial charge is 2.00 e. The predicted molar refractivity (Wildman–Crippen MR) is 65.8 cm³/mol. The van der Waals surface area contributed by atoms with Gasteiger partial charge in [0.05, 0.1) is 0 Å². The van der Waals surface area contributed by atoms with Gasteiger partial charge in [-0.25, -0.2) is 12.2 Å². The Morgan fingerprint density at radius 2 is 2.14 bits per heavy atom. The quantitative estimate of drug-likeness (QED) is 0.304. The van der Waals surface area contributed by atoms with Crippen LogP contribution in [-0.4, -0.2) is 5.33 Å². The van der Waals surface area contributed by atoms with Crippen molar-refractivity contribution in [2.45, 2.75) is 26.2 Å². The number of unbranched alkanes of at least 4 members (excludes halogenated alkanes) is 1. The monoisotopic (exact) mass is 290 g/mol. The maximum absolute atomic E-state index is 3.60. The van der Waals surface area contributed by atoms with Crippen LogP contribution in [0, 0.1) is 13.0 Å². The molecule has 0 aliphatic heterocycles. The van der Waals surface area contributed by atoms with Crippen LogP contribution in [0.15, 0.2) is 30.9 Å². The zero-order chi connectivity index (χ0) is 10.4. The second-order valence-electron chi connectivity index (χ2n) is 2.30. The minimum atomic E-state index is 0. The number of halogens is 1. The predicted octanol–water partition coefficient (Wildman–Crippen LogP) is 4.49. The van der Waals surface area contributed by atoms with Gasteiger partial charge in [-0.05, 0) is 0 Å². The zero-order valence-electron chi connectivity index (χ0n) is 8.93. The summed E-state index contributed by atoms with van der Waals surface area (Å²) in [5.74, 6) is 0. The summed E-state index contributed by atoms with van der Waals surface area (Å²) in [5, 5.41) is 0.896. The summed E-state index contributed by atoms with van der Waals surface area (Å²) in [6, 6.07) is 0. The molecule has 0 bridgehead atoms. The van der Waals surface area contributed by atoms with Crippen LogP contribution in [0.1, 0.15) is 26.2 Å². The second-order valence-corrected chi connectivity index (χ2v) is 2.95. The maximum atomic E-state index is 3.60. The average Bonchev–Trinajstić information content (AvgIpc) is 2.76. The average molecular weight is 291 g/mol. The van der Waals surface area contributed by atoms with Gasteiger partial charge >= 0.3 is 21.7 Å². The first-order valence-corrected chi connectivity index (χ1v) is 5.63. The van der Waals surface area contributed by atoms with Gasteiger partial charge in [-0.3, -0.25) is 6.08 Å². The van der Waals surface area contributed by atoms with Gasteiger partial charge in [0, 0.05) is 5.33 Å². The van der Waals surface area contributed by atoms with Crippen molar-refractivity contribution >= 4 is 15.9 Å². The number of allylic oxidation sites excluding steroid dienone is 5. The third-order valence-corrected chi connectivity index (χ3v) is 1.51. The van der Waals surface area contributed by atoms with E-state index in [-0.39, 0.29) is 21.7 Å². The standard InChI is InChI=1S/C5H5.C4H9.C3H5Br.Ti/c1-2-4-5-3-1;1-3-4-2;1-2-3-4;/h1-3H,4H2;1,3-4H2,2H3;2H,1,3H2;/q2*-1;;+2. The van der Waals surface area contributed by atoms with Gasteiger partial charge in [-0.15, -0.1) is 13.0 Å². The Labute approximate surface area is 113 Å². The molecule has 1 aliphatic carbocycles. The summed E-state index contributed by atoms with van der Waals surface area (Å²) in [5.41, 5.74) is 0. The zero-order valence-corrected chi connectivity index (χ0v) is 12.1. The summed E-state index contributed by atoms with van der Waals surface area (Å²) in [6.45, 7) is 9.15. The van der Waals surface area contributed by atoms with Crippen molar-refractivity contribution < 1.29 is 21.7 Å². The number of alkyl halides is 1. The molecular formula is C12H19BrTi. The van der Waals surface area contributed by atoms with Gasteiger partial charge in [0.1, 0.15) is 0 Å².